The first-order valence-corrected chi connectivity index (χ1v) is 15.2. The number of carbonyl (C=O) groups excluding carboxylic acids is 3. The molecule has 0 aliphatic heterocycles. The van der Waals surface area contributed by atoms with Crippen LogP contribution < -0.4 is 23.7 Å². The number of aliphatic hydroxyl groups excluding tert-OH is 1. The lowest BCUT2D eigenvalue weighted by atomic mass is 10.1. The molecule has 3 aromatic rings. The van der Waals surface area contributed by atoms with Crippen molar-refractivity contribution in [3.63, 3.8) is 0 Å². The highest BCUT2D eigenvalue weighted by Crippen LogP contribution is 2.29. The molecule has 1 N–H and O–H groups in total. The summed E-state index contributed by atoms with van der Waals surface area (Å²) < 4.78 is 43.5. The molecule has 0 fully saturated rings. The molecule has 258 valence electrons. The lowest BCUT2D eigenvalue weighted by Gasteiger charge is -2.18. The highest BCUT2D eigenvalue weighted by atomic mass is 16.5. The summed E-state index contributed by atoms with van der Waals surface area (Å²) in [5.74, 6) is 1.45. The van der Waals surface area contributed by atoms with Gasteiger partial charge in [0.1, 0.15) is 48.1 Å². The Balaban J connectivity index is 1.75. The molecule has 3 aromatic carbocycles. The molecule has 0 amide bonds. The summed E-state index contributed by atoms with van der Waals surface area (Å²) in [6, 6.07) is 17.7. The van der Waals surface area contributed by atoms with Crippen molar-refractivity contribution in [1.29, 1.82) is 0 Å². The van der Waals surface area contributed by atoms with Gasteiger partial charge < -0.3 is 43.0 Å². The Bertz CT molecular complexity index is 1520. The van der Waals surface area contributed by atoms with Gasteiger partial charge in [0.15, 0.2) is 0 Å². The fourth-order valence-corrected chi connectivity index (χ4v) is 4.32. The molecule has 3 rings (SSSR count). The molecule has 1 atom stereocenters. The molecule has 0 spiro atoms. The Morgan fingerprint density at radius 2 is 1.42 bits per heavy atom. The molecule has 0 bridgehead atoms. The van der Waals surface area contributed by atoms with E-state index in [9.17, 15) is 19.5 Å². The van der Waals surface area contributed by atoms with Gasteiger partial charge in [0, 0.05) is 42.2 Å². The van der Waals surface area contributed by atoms with E-state index in [2.05, 4.69) is 4.74 Å². The second kappa shape index (κ2) is 20.1. The quantitative estimate of drug-likeness (QED) is 0.0744. The molecular weight excluding hydrogens is 624 g/mol. The molecule has 12 nitrogen and oxygen atoms in total. The lowest BCUT2D eigenvalue weighted by molar-refractivity contribution is -0.141. The van der Waals surface area contributed by atoms with Crippen LogP contribution in [0.5, 0.6) is 28.7 Å². The molecule has 0 heterocycles. The Labute approximate surface area is 280 Å². The van der Waals surface area contributed by atoms with Crippen LogP contribution in [0.2, 0.25) is 0 Å². The van der Waals surface area contributed by atoms with E-state index < -0.39 is 12.1 Å². The zero-order chi connectivity index (χ0) is 34.7. The van der Waals surface area contributed by atoms with Gasteiger partial charge in [-0.2, -0.15) is 0 Å². The standard InChI is InChI=1S/C36H42O12/c1-41-28-13-10-25(12-16-35(39)43-3)27(19-28)24-47-30-14-11-26(33(21-30)45-18-6-9-34(38)42-2)23-46-29-7-5-8-31(20-29)48-32(22-37)15-17-36(40)44-4/h5,7-8,10-14,16,19-21,32,37H,6,9,15,17-18,22-24H2,1-4H3/b16-12+. The summed E-state index contributed by atoms with van der Waals surface area (Å²) in [7, 11) is 5.52. The third-order valence-electron chi connectivity index (χ3n) is 7.00. The summed E-state index contributed by atoms with van der Waals surface area (Å²) in [5.41, 5.74) is 2.25. The fourth-order valence-electron chi connectivity index (χ4n) is 4.32. The number of rotatable bonds is 20. The number of hydrogen-bond donors (Lipinski definition) is 1. The van der Waals surface area contributed by atoms with Gasteiger partial charge >= 0.3 is 17.9 Å². The first kappa shape index (κ1) is 37.2. The Morgan fingerprint density at radius 3 is 2.12 bits per heavy atom. The van der Waals surface area contributed by atoms with Gasteiger partial charge in [-0.3, -0.25) is 9.59 Å². The zero-order valence-electron chi connectivity index (χ0n) is 27.6. The molecule has 48 heavy (non-hydrogen) atoms. The third kappa shape index (κ3) is 12.5. The van der Waals surface area contributed by atoms with Crippen molar-refractivity contribution >= 4 is 24.0 Å². The molecular formula is C36H42O12. The number of benzene rings is 3. The highest BCUT2D eigenvalue weighted by molar-refractivity contribution is 5.87. The first-order chi connectivity index (χ1) is 23.3. The van der Waals surface area contributed by atoms with Crippen LogP contribution in [0.1, 0.15) is 42.4 Å². The summed E-state index contributed by atoms with van der Waals surface area (Å²) in [5, 5.41) is 9.69. The molecule has 0 aromatic heterocycles. The number of aliphatic hydroxyl groups is 1. The van der Waals surface area contributed by atoms with Gasteiger partial charge in [-0.05, 0) is 60.9 Å². The van der Waals surface area contributed by atoms with E-state index in [-0.39, 0.29) is 51.2 Å². The van der Waals surface area contributed by atoms with Crippen LogP contribution in [0.25, 0.3) is 6.08 Å². The molecule has 0 saturated heterocycles. The molecule has 0 radical (unpaired) electrons. The molecule has 1 unspecified atom stereocenters. The van der Waals surface area contributed by atoms with Gasteiger partial charge in [-0.25, -0.2) is 4.79 Å². The Morgan fingerprint density at radius 1 is 0.729 bits per heavy atom. The monoisotopic (exact) mass is 666 g/mol. The van der Waals surface area contributed by atoms with Gasteiger partial charge in [0.2, 0.25) is 0 Å². The summed E-state index contributed by atoms with van der Waals surface area (Å²) >= 11 is 0. The van der Waals surface area contributed by atoms with Crippen molar-refractivity contribution in [1.82, 2.24) is 0 Å². The molecule has 12 heteroatoms. The van der Waals surface area contributed by atoms with Crippen LogP contribution in [-0.2, 0) is 41.8 Å². The van der Waals surface area contributed by atoms with E-state index in [0.717, 1.165) is 16.7 Å². The van der Waals surface area contributed by atoms with Crippen molar-refractivity contribution in [3.8, 4) is 28.7 Å². The van der Waals surface area contributed by atoms with Crippen LogP contribution in [0.4, 0.5) is 0 Å². The van der Waals surface area contributed by atoms with Gasteiger partial charge in [0.05, 0.1) is 41.7 Å². The Hall–Kier alpha value is -5.23. The summed E-state index contributed by atoms with van der Waals surface area (Å²) in [6.45, 7) is 0.287. The minimum absolute atomic E-state index is 0.118. The minimum atomic E-state index is -0.589. The normalized spacial score (nSPS) is 11.4. The van der Waals surface area contributed by atoms with Gasteiger partial charge in [-0.1, -0.05) is 12.1 Å². The molecule has 0 aliphatic rings. The Kier molecular flexibility index (Phi) is 15.6. The van der Waals surface area contributed by atoms with E-state index in [0.29, 0.717) is 41.6 Å². The summed E-state index contributed by atoms with van der Waals surface area (Å²) in [6.07, 6.45) is 3.45. The topological polar surface area (TPSA) is 145 Å². The van der Waals surface area contributed by atoms with Crippen molar-refractivity contribution in [2.24, 2.45) is 0 Å². The van der Waals surface area contributed by atoms with E-state index in [1.807, 2.05) is 18.2 Å². The SMILES string of the molecule is COC(=O)/C=C/c1ccc(OC)cc1COc1ccc(COc2cccc(OC(CO)CCC(=O)OC)c2)c(OCCCC(=O)OC)c1. The average Bonchev–Trinajstić information content (AvgIpc) is 3.12. The largest absolute Gasteiger partial charge is 0.497 e. The zero-order valence-corrected chi connectivity index (χ0v) is 27.6. The second-order valence-corrected chi connectivity index (χ2v) is 10.3. The van der Waals surface area contributed by atoms with E-state index in [4.69, 9.17) is 33.2 Å². The number of hydrogen-bond acceptors (Lipinski definition) is 12. The lowest BCUT2D eigenvalue weighted by Crippen LogP contribution is -2.22. The highest BCUT2D eigenvalue weighted by Gasteiger charge is 2.14. The van der Waals surface area contributed by atoms with Crippen LogP contribution in [0, 0.1) is 0 Å². The van der Waals surface area contributed by atoms with Gasteiger partial charge in [-0.15, -0.1) is 0 Å². The average molecular weight is 667 g/mol. The molecule has 0 aliphatic carbocycles. The van der Waals surface area contributed by atoms with Crippen LogP contribution in [0.15, 0.2) is 66.7 Å². The maximum Gasteiger partial charge on any atom is 0.330 e. The number of esters is 3. The smallest absolute Gasteiger partial charge is 0.330 e. The van der Waals surface area contributed by atoms with Crippen LogP contribution >= 0.6 is 0 Å². The predicted octanol–water partition coefficient (Wildman–Crippen LogP) is 5.06. The number of ether oxygens (including phenoxy) is 8. The summed E-state index contributed by atoms with van der Waals surface area (Å²) in [4.78, 5) is 34.7. The van der Waals surface area contributed by atoms with E-state index in [1.165, 1.54) is 27.4 Å². The fraction of sp³-hybridized carbons (Fsp3) is 0.361. The molecule has 0 saturated carbocycles. The predicted molar refractivity (Wildman–Crippen MR) is 175 cm³/mol. The van der Waals surface area contributed by atoms with E-state index in [1.54, 1.807) is 55.7 Å². The van der Waals surface area contributed by atoms with Crippen molar-refractivity contribution in [2.75, 3.05) is 41.7 Å². The number of methoxy groups -OCH3 is 4. The maximum atomic E-state index is 11.7. The van der Waals surface area contributed by atoms with Crippen molar-refractivity contribution < 1.29 is 57.4 Å². The van der Waals surface area contributed by atoms with E-state index >= 15 is 0 Å². The first-order valence-electron chi connectivity index (χ1n) is 15.2. The maximum absolute atomic E-state index is 11.7. The van der Waals surface area contributed by atoms with Crippen LogP contribution in [0.3, 0.4) is 0 Å². The minimum Gasteiger partial charge on any atom is -0.497 e. The van der Waals surface area contributed by atoms with Crippen molar-refractivity contribution in [3.05, 3.63) is 83.4 Å². The number of carbonyl (C=O) groups is 3. The third-order valence-corrected chi connectivity index (χ3v) is 7.00. The second-order valence-electron chi connectivity index (χ2n) is 10.3. The van der Waals surface area contributed by atoms with Crippen LogP contribution in [-0.4, -0.2) is 70.8 Å². The van der Waals surface area contributed by atoms with Crippen molar-refractivity contribution in [2.45, 2.75) is 45.0 Å². The van der Waals surface area contributed by atoms with Gasteiger partial charge in [0.25, 0.3) is 0 Å².